The van der Waals surface area contributed by atoms with Gasteiger partial charge >= 0.3 is 0 Å². The van der Waals surface area contributed by atoms with Gasteiger partial charge in [0.25, 0.3) is 0 Å². The van der Waals surface area contributed by atoms with Crippen molar-refractivity contribution < 1.29 is 9.90 Å². The second-order valence-corrected chi connectivity index (χ2v) is 3.97. The van der Waals surface area contributed by atoms with Crippen molar-refractivity contribution in [3.05, 3.63) is 34.9 Å². The van der Waals surface area contributed by atoms with Gasteiger partial charge in [-0.25, -0.2) is 0 Å². The Morgan fingerprint density at radius 2 is 2.12 bits per heavy atom. The summed E-state index contributed by atoms with van der Waals surface area (Å²) in [6.07, 6.45) is 2.57. The number of hydrogen-bond acceptors (Lipinski definition) is 2. The molecule has 0 amide bonds. The van der Waals surface area contributed by atoms with E-state index >= 15 is 0 Å². The average Bonchev–Trinajstić information content (AvgIpc) is 2.29. The fraction of sp³-hybridized carbons (Fsp3) is 0.357. The van der Waals surface area contributed by atoms with Gasteiger partial charge in [0.2, 0.25) is 0 Å². The van der Waals surface area contributed by atoms with E-state index in [4.69, 9.17) is 5.11 Å². The van der Waals surface area contributed by atoms with E-state index < -0.39 is 0 Å². The molecule has 1 N–H and O–H groups in total. The lowest BCUT2D eigenvalue weighted by Crippen LogP contribution is -2.13. The van der Waals surface area contributed by atoms with Crippen molar-refractivity contribution in [2.45, 2.75) is 25.7 Å². The number of rotatable bonds is 1. The van der Waals surface area contributed by atoms with Crippen LogP contribution in [0.15, 0.2) is 18.2 Å². The third kappa shape index (κ3) is 2.50. The molecule has 0 spiro atoms. The normalized spacial score (nSPS) is 13.9. The Bertz CT molecular complexity index is 463. The summed E-state index contributed by atoms with van der Waals surface area (Å²) in [6, 6.07) is 6.00. The molecule has 0 heterocycles. The molecule has 1 aliphatic rings. The predicted octanol–water partition coefficient (Wildman–Crippen LogP) is 1.48. The molecule has 82 valence electrons. The van der Waals surface area contributed by atoms with Crippen LogP contribution in [0.1, 0.15) is 29.5 Å². The highest BCUT2D eigenvalue weighted by Gasteiger charge is 2.14. The van der Waals surface area contributed by atoms with Gasteiger partial charge in [-0.15, -0.1) is 0 Å². The van der Waals surface area contributed by atoms with Gasteiger partial charge in [0.15, 0.2) is 0 Å². The van der Waals surface area contributed by atoms with E-state index in [2.05, 4.69) is 17.9 Å². The van der Waals surface area contributed by atoms with Gasteiger partial charge in [-0.3, -0.25) is 4.79 Å². The molecule has 0 saturated carbocycles. The van der Waals surface area contributed by atoms with Crippen LogP contribution in [0.2, 0.25) is 0 Å². The predicted molar refractivity (Wildman–Crippen MR) is 62.1 cm³/mol. The van der Waals surface area contributed by atoms with Gasteiger partial charge in [-0.1, -0.05) is 17.9 Å². The summed E-state index contributed by atoms with van der Waals surface area (Å²) < 4.78 is 0. The maximum absolute atomic E-state index is 11.3. The van der Waals surface area contributed by atoms with Crippen LogP contribution in [0.3, 0.4) is 0 Å². The lowest BCUT2D eigenvalue weighted by Gasteiger charge is -2.14. The Morgan fingerprint density at radius 3 is 2.94 bits per heavy atom. The van der Waals surface area contributed by atoms with E-state index in [1.54, 1.807) is 0 Å². The Kier molecular flexibility index (Phi) is 3.38. The molecule has 0 aromatic heterocycles. The molecule has 2 heteroatoms. The zero-order valence-electron chi connectivity index (χ0n) is 9.12. The van der Waals surface area contributed by atoms with Crippen LogP contribution in [0.5, 0.6) is 0 Å². The summed E-state index contributed by atoms with van der Waals surface area (Å²) >= 11 is 0. The topological polar surface area (TPSA) is 37.3 Å². The highest BCUT2D eigenvalue weighted by molar-refractivity contribution is 5.83. The van der Waals surface area contributed by atoms with Crippen molar-refractivity contribution in [2.75, 3.05) is 6.61 Å². The summed E-state index contributed by atoms with van der Waals surface area (Å²) in [5.41, 5.74) is 3.36. The number of aryl methyl sites for hydroxylation is 1. The Balaban J connectivity index is 2.20. The van der Waals surface area contributed by atoms with Crippen molar-refractivity contribution in [1.29, 1.82) is 0 Å². The zero-order valence-corrected chi connectivity index (χ0v) is 9.12. The highest BCUT2D eigenvalue weighted by Crippen LogP contribution is 2.20. The summed E-state index contributed by atoms with van der Waals surface area (Å²) in [7, 11) is 0. The highest BCUT2D eigenvalue weighted by atomic mass is 16.2. The molecule has 0 fully saturated rings. The average molecular weight is 214 g/mol. The minimum atomic E-state index is 0.104. The number of fused-ring (bicyclic) bond motifs is 1. The first-order chi connectivity index (χ1) is 7.79. The second kappa shape index (κ2) is 4.96. The molecule has 0 bridgehead atoms. The van der Waals surface area contributed by atoms with E-state index in [1.807, 2.05) is 12.1 Å². The third-order valence-corrected chi connectivity index (χ3v) is 2.74. The standard InChI is InChI=1S/C14H14O2/c15-8-2-1-3-11-4-5-13-10-14(16)7-6-12(13)9-11/h4-5,9,15H,2,6-8,10H2. The Morgan fingerprint density at radius 1 is 1.25 bits per heavy atom. The molecule has 0 radical (unpaired) electrons. The maximum Gasteiger partial charge on any atom is 0.137 e. The Labute approximate surface area is 95.3 Å². The van der Waals surface area contributed by atoms with Crippen molar-refractivity contribution in [1.82, 2.24) is 0 Å². The van der Waals surface area contributed by atoms with Crippen molar-refractivity contribution >= 4 is 5.78 Å². The SMILES string of the molecule is O=C1CCc2cc(C#CCCO)ccc2C1. The molecule has 1 aromatic carbocycles. The summed E-state index contributed by atoms with van der Waals surface area (Å²) in [5.74, 6) is 6.24. The molecular weight excluding hydrogens is 200 g/mol. The first-order valence-corrected chi connectivity index (χ1v) is 5.53. The smallest absolute Gasteiger partial charge is 0.137 e. The summed E-state index contributed by atoms with van der Waals surface area (Å²) in [6.45, 7) is 0.104. The lowest BCUT2D eigenvalue weighted by atomic mass is 9.90. The molecule has 2 rings (SSSR count). The van der Waals surface area contributed by atoms with Crippen LogP contribution < -0.4 is 0 Å². The van der Waals surface area contributed by atoms with E-state index in [1.165, 1.54) is 5.56 Å². The van der Waals surface area contributed by atoms with Crippen LogP contribution in [-0.2, 0) is 17.6 Å². The quantitative estimate of drug-likeness (QED) is 0.719. The van der Waals surface area contributed by atoms with E-state index in [-0.39, 0.29) is 6.61 Å². The van der Waals surface area contributed by atoms with Gasteiger partial charge in [0.1, 0.15) is 5.78 Å². The van der Waals surface area contributed by atoms with E-state index in [9.17, 15) is 4.79 Å². The molecule has 0 atom stereocenters. The van der Waals surface area contributed by atoms with Gasteiger partial charge < -0.3 is 5.11 Å². The number of hydrogen-bond donors (Lipinski definition) is 1. The van der Waals surface area contributed by atoms with Crippen molar-refractivity contribution in [2.24, 2.45) is 0 Å². The number of aliphatic hydroxyl groups is 1. The van der Waals surface area contributed by atoms with Gasteiger partial charge in [0, 0.05) is 24.8 Å². The molecule has 0 aliphatic heterocycles. The molecule has 2 nitrogen and oxygen atoms in total. The van der Waals surface area contributed by atoms with Crippen LogP contribution in [0.25, 0.3) is 0 Å². The number of Topliss-reactive ketones (excluding diaryl/α,β-unsaturated/α-hetero) is 1. The van der Waals surface area contributed by atoms with E-state index in [0.717, 1.165) is 17.5 Å². The number of aliphatic hydroxyl groups excluding tert-OH is 1. The minimum Gasteiger partial charge on any atom is -0.395 e. The number of carbonyl (C=O) groups excluding carboxylic acids is 1. The lowest BCUT2D eigenvalue weighted by molar-refractivity contribution is -0.118. The van der Waals surface area contributed by atoms with Crippen LogP contribution in [-0.4, -0.2) is 17.5 Å². The summed E-state index contributed by atoms with van der Waals surface area (Å²) in [4.78, 5) is 11.3. The van der Waals surface area contributed by atoms with Crippen molar-refractivity contribution in [3.63, 3.8) is 0 Å². The fourth-order valence-corrected chi connectivity index (χ4v) is 1.90. The van der Waals surface area contributed by atoms with E-state index in [0.29, 0.717) is 25.0 Å². The monoisotopic (exact) mass is 214 g/mol. The maximum atomic E-state index is 11.3. The fourth-order valence-electron chi connectivity index (χ4n) is 1.90. The number of carbonyl (C=O) groups is 1. The van der Waals surface area contributed by atoms with Gasteiger partial charge in [0.05, 0.1) is 6.61 Å². The minimum absolute atomic E-state index is 0.104. The second-order valence-electron chi connectivity index (χ2n) is 3.97. The van der Waals surface area contributed by atoms with Crippen LogP contribution in [0.4, 0.5) is 0 Å². The zero-order chi connectivity index (χ0) is 11.4. The Hall–Kier alpha value is -1.59. The van der Waals surface area contributed by atoms with Crippen molar-refractivity contribution in [3.8, 4) is 11.8 Å². The third-order valence-electron chi connectivity index (χ3n) is 2.74. The largest absolute Gasteiger partial charge is 0.395 e. The van der Waals surface area contributed by atoms with Gasteiger partial charge in [-0.05, 0) is 29.7 Å². The number of ketones is 1. The van der Waals surface area contributed by atoms with Gasteiger partial charge in [-0.2, -0.15) is 0 Å². The molecule has 1 aliphatic carbocycles. The molecule has 0 unspecified atom stereocenters. The molecule has 16 heavy (non-hydrogen) atoms. The first kappa shape index (κ1) is 10.9. The molecule has 1 aromatic rings. The van der Waals surface area contributed by atoms with Crippen LogP contribution >= 0.6 is 0 Å². The number of benzene rings is 1. The first-order valence-electron chi connectivity index (χ1n) is 5.53. The molecular formula is C14H14O2. The van der Waals surface area contributed by atoms with Crippen LogP contribution in [0, 0.1) is 11.8 Å². The molecule has 0 saturated heterocycles. The summed E-state index contributed by atoms with van der Waals surface area (Å²) in [5, 5.41) is 8.63.